The maximum Gasteiger partial charge on any atom is 0.200 e. The number of hydrogen-bond donors (Lipinski definition) is 1. The van der Waals surface area contributed by atoms with Crippen LogP contribution >= 0.6 is 0 Å². The molecule has 0 aliphatic heterocycles. The summed E-state index contributed by atoms with van der Waals surface area (Å²) in [7, 11) is 1.43. The van der Waals surface area contributed by atoms with E-state index in [0.717, 1.165) is 11.8 Å². The lowest BCUT2D eigenvalue weighted by Crippen LogP contribution is -2.07. The van der Waals surface area contributed by atoms with Gasteiger partial charge in [0, 0.05) is 5.56 Å². The average molecular weight is 422 g/mol. The van der Waals surface area contributed by atoms with Gasteiger partial charge in [-0.1, -0.05) is 36.4 Å². The van der Waals surface area contributed by atoms with Crippen molar-refractivity contribution in [1.82, 2.24) is 0 Å². The molecule has 0 heterocycles. The standard InChI is InChI=1S/C21H15F5N2O2/c1-29-14-9-5-8-13(21(14)30-11-12-6-3-2-4-7-12)10-27-28-20-18(25)16(23)15(22)17(24)19(20)26/h2-10,28H,11H2,1H3. The van der Waals surface area contributed by atoms with E-state index in [1.54, 1.807) is 18.2 Å². The molecule has 0 amide bonds. The Balaban J connectivity index is 1.86. The van der Waals surface area contributed by atoms with Gasteiger partial charge in [0.15, 0.2) is 34.8 Å². The summed E-state index contributed by atoms with van der Waals surface area (Å²) in [5, 5.41) is 3.59. The van der Waals surface area contributed by atoms with Gasteiger partial charge in [0.1, 0.15) is 12.3 Å². The highest BCUT2D eigenvalue weighted by Gasteiger charge is 2.25. The van der Waals surface area contributed by atoms with Crippen LogP contribution in [0.3, 0.4) is 0 Å². The molecule has 4 nitrogen and oxygen atoms in total. The number of benzene rings is 3. The highest BCUT2D eigenvalue weighted by molar-refractivity contribution is 5.85. The molecule has 30 heavy (non-hydrogen) atoms. The smallest absolute Gasteiger partial charge is 0.200 e. The minimum absolute atomic E-state index is 0.202. The van der Waals surface area contributed by atoms with E-state index in [0.29, 0.717) is 11.3 Å². The molecule has 0 unspecified atom stereocenters. The molecule has 0 fully saturated rings. The van der Waals surface area contributed by atoms with Gasteiger partial charge in [-0.15, -0.1) is 0 Å². The van der Waals surface area contributed by atoms with Crippen molar-refractivity contribution in [2.45, 2.75) is 6.61 Å². The highest BCUT2D eigenvalue weighted by Crippen LogP contribution is 2.31. The van der Waals surface area contributed by atoms with Crippen LogP contribution in [-0.4, -0.2) is 13.3 Å². The van der Waals surface area contributed by atoms with Crippen LogP contribution in [0.4, 0.5) is 27.6 Å². The molecule has 3 aromatic carbocycles. The number of halogens is 5. The molecule has 1 N–H and O–H groups in total. The summed E-state index contributed by atoms with van der Waals surface area (Å²) in [4.78, 5) is 0. The normalized spacial score (nSPS) is 11.0. The minimum Gasteiger partial charge on any atom is -0.493 e. The molecule has 0 saturated carbocycles. The van der Waals surface area contributed by atoms with Crippen LogP contribution in [0.15, 0.2) is 53.6 Å². The predicted octanol–water partition coefficient (Wildman–Crippen LogP) is 5.42. The number of hydrogen-bond acceptors (Lipinski definition) is 4. The molecule has 0 atom stereocenters. The Bertz CT molecular complexity index is 1050. The van der Waals surface area contributed by atoms with Gasteiger partial charge >= 0.3 is 0 Å². The van der Waals surface area contributed by atoms with Gasteiger partial charge in [-0.05, 0) is 17.7 Å². The Morgan fingerprint density at radius 1 is 0.833 bits per heavy atom. The van der Waals surface area contributed by atoms with E-state index in [4.69, 9.17) is 9.47 Å². The third-order valence-electron chi connectivity index (χ3n) is 4.05. The Morgan fingerprint density at radius 2 is 1.47 bits per heavy atom. The molecule has 0 aliphatic rings. The average Bonchev–Trinajstić information content (AvgIpc) is 2.78. The largest absolute Gasteiger partial charge is 0.493 e. The fourth-order valence-corrected chi connectivity index (χ4v) is 2.55. The first-order valence-corrected chi connectivity index (χ1v) is 8.58. The SMILES string of the molecule is COc1cccc(C=NNc2c(F)c(F)c(F)c(F)c2F)c1OCc1ccccc1. The Hall–Kier alpha value is -3.62. The minimum atomic E-state index is -2.25. The Morgan fingerprint density at radius 3 is 2.10 bits per heavy atom. The first kappa shape index (κ1) is 21.1. The van der Waals surface area contributed by atoms with E-state index in [1.807, 2.05) is 35.8 Å². The third kappa shape index (κ3) is 4.35. The summed E-state index contributed by atoms with van der Waals surface area (Å²) < 4.78 is 78.2. The second kappa shape index (κ2) is 9.25. The number of nitrogens with one attached hydrogen (secondary N) is 1. The lowest BCUT2D eigenvalue weighted by Gasteiger charge is -2.13. The second-order valence-electron chi connectivity index (χ2n) is 5.97. The monoisotopic (exact) mass is 422 g/mol. The van der Waals surface area contributed by atoms with E-state index in [1.165, 1.54) is 7.11 Å². The molecular formula is C21H15F5N2O2. The molecule has 156 valence electrons. The number of para-hydroxylation sites is 1. The molecule has 0 aliphatic carbocycles. The molecule has 3 rings (SSSR count). The van der Waals surface area contributed by atoms with Crippen LogP contribution in [-0.2, 0) is 6.61 Å². The number of rotatable bonds is 7. The van der Waals surface area contributed by atoms with E-state index in [2.05, 4.69) is 5.10 Å². The first-order chi connectivity index (χ1) is 14.4. The summed E-state index contributed by atoms with van der Waals surface area (Å²) in [6.07, 6.45) is 1.11. The zero-order chi connectivity index (χ0) is 21.7. The number of methoxy groups -OCH3 is 1. The molecule has 0 aromatic heterocycles. The highest BCUT2D eigenvalue weighted by atomic mass is 19.2. The fourth-order valence-electron chi connectivity index (χ4n) is 2.55. The van der Waals surface area contributed by atoms with Crippen molar-refractivity contribution in [3.63, 3.8) is 0 Å². The van der Waals surface area contributed by atoms with Crippen molar-refractivity contribution < 1.29 is 31.4 Å². The van der Waals surface area contributed by atoms with E-state index in [-0.39, 0.29) is 12.4 Å². The molecular weight excluding hydrogens is 407 g/mol. The van der Waals surface area contributed by atoms with Crippen LogP contribution in [0.25, 0.3) is 0 Å². The lowest BCUT2D eigenvalue weighted by molar-refractivity contribution is 0.284. The predicted molar refractivity (Wildman–Crippen MR) is 101 cm³/mol. The van der Waals surface area contributed by atoms with Crippen LogP contribution in [0.2, 0.25) is 0 Å². The van der Waals surface area contributed by atoms with Gasteiger partial charge in [0.25, 0.3) is 0 Å². The van der Waals surface area contributed by atoms with Gasteiger partial charge in [-0.25, -0.2) is 22.0 Å². The van der Waals surface area contributed by atoms with E-state index >= 15 is 0 Å². The lowest BCUT2D eigenvalue weighted by atomic mass is 10.2. The van der Waals surface area contributed by atoms with Gasteiger partial charge in [0.05, 0.1) is 13.3 Å². The maximum atomic E-state index is 13.7. The molecule has 3 aromatic rings. The molecule has 0 saturated heterocycles. The van der Waals surface area contributed by atoms with Crippen LogP contribution in [0.1, 0.15) is 11.1 Å². The number of nitrogens with zero attached hydrogens (tertiary/aromatic N) is 1. The van der Waals surface area contributed by atoms with Crippen molar-refractivity contribution in [3.8, 4) is 11.5 Å². The van der Waals surface area contributed by atoms with Crippen molar-refractivity contribution in [1.29, 1.82) is 0 Å². The first-order valence-electron chi connectivity index (χ1n) is 8.58. The quantitative estimate of drug-likeness (QED) is 0.182. The van der Waals surface area contributed by atoms with Gasteiger partial charge in [0.2, 0.25) is 5.82 Å². The number of ether oxygens (including phenoxy) is 2. The van der Waals surface area contributed by atoms with Gasteiger partial charge in [-0.3, -0.25) is 5.43 Å². The van der Waals surface area contributed by atoms with Crippen LogP contribution in [0.5, 0.6) is 11.5 Å². The zero-order valence-electron chi connectivity index (χ0n) is 15.6. The fraction of sp³-hybridized carbons (Fsp3) is 0.0952. The summed E-state index contributed by atoms with van der Waals surface area (Å²) in [5.74, 6) is -9.77. The summed E-state index contributed by atoms with van der Waals surface area (Å²) in [6, 6.07) is 14.1. The topological polar surface area (TPSA) is 42.8 Å². The Labute approximate surface area is 168 Å². The van der Waals surface area contributed by atoms with Crippen LogP contribution in [0, 0.1) is 29.1 Å². The summed E-state index contributed by atoms with van der Waals surface area (Å²) >= 11 is 0. The third-order valence-corrected chi connectivity index (χ3v) is 4.05. The zero-order valence-corrected chi connectivity index (χ0v) is 15.6. The van der Waals surface area contributed by atoms with Crippen LogP contribution < -0.4 is 14.9 Å². The molecule has 0 bridgehead atoms. The summed E-state index contributed by atoms with van der Waals surface area (Å²) in [5.41, 5.74) is 1.82. The molecule has 0 radical (unpaired) electrons. The van der Waals surface area contributed by atoms with Crippen molar-refractivity contribution >= 4 is 11.9 Å². The second-order valence-corrected chi connectivity index (χ2v) is 5.97. The molecule has 9 heteroatoms. The number of hydrazone groups is 1. The van der Waals surface area contributed by atoms with Gasteiger partial charge < -0.3 is 9.47 Å². The van der Waals surface area contributed by atoms with Crippen molar-refractivity contribution in [3.05, 3.63) is 88.7 Å². The maximum absolute atomic E-state index is 13.7. The Kier molecular flexibility index (Phi) is 6.51. The van der Waals surface area contributed by atoms with Crippen molar-refractivity contribution in [2.24, 2.45) is 5.10 Å². The number of anilines is 1. The van der Waals surface area contributed by atoms with Crippen molar-refractivity contribution in [2.75, 3.05) is 12.5 Å². The summed E-state index contributed by atoms with van der Waals surface area (Å²) in [6.45, 7) is 0.202. The van der Waals surface area contributed by atoms with Gasteiger partial charge in [-0.2, -0.15) is 5.10 Å². The molecule has 0 spiro atoms. The van der Waals surface area contributed by atoms with E-state index in [9.17, 15) is 22.0 Å². The van der Waals surface area contributed by atoms with E-state index < -0.39 is 34.8 Å².